The maximum absolute atomic E-state index is 16.4. The van der Waals surface area contributed by atoms with Gasteiger partial charge in [-0.3, -0.25) is 33.6 Å². The lowest BCUT2D eigenvalue weighted by atomic mass is 9.89. The Morgan fingerprint density at radius 2 is 1.14 bits per heavy atom. The molecular formula is C87H94Cl2N10O33. The highest BCUT2D eigenvalue weighted by Gasteiger charge is 2.51. The largest absolute Gasteiger partial charge is 0.508 e. The fourth-order valence-electron chi connectivity index (χ4n) is 15.8. The molecule has 0 unspecified atom stereocenters. The van der Waals surface area contributed by atoms with Crippen molar-refractivity contribution < 1.29 is 161 Å². The zero-order valence-corrected chi connectivity index (χ0v) is 72.1. The summed E-state index contributed by atoms with van der Waals surface area (Å²) in [6, 6.07) is 4.50. The molecule has 0 radical (unpaired) electrons. The Morgan fingerprint density at radius 1 is 0.545 bits per heavy atom. The molecule has 8 aliphatic heterocycles. The molecule has 16 rings (SSSR count). The number of fused-ring (bicyclic) bond motifs is 14. The Kier molecular flexibility index (Phi) is 30.8. The first kappa shape index (κ1) is 95.7. The number of carbonyl (C=O) groups is 8. The molecule has 8 aliphatic rings. The number of hydrogen-bond acceptors (Lipinski definition) is 34. The van der Waals surface area contributed by atoms with Gasteiger partial charge in [-0.05, 0) is 119 Å². The number of halogens is 2. The van der Waals surface area contributed by atoms with Crippen molar-refractivity contribution in [2.75, 3.05) is 86.9 Å². The van der Waals surface area contributed by atoms with Crippen LogP contribution in [0.15, 0.2) is 121 Å². The van der Waals surface area contributed by atoms with Gasteiger partial charge in [-0.1, -0.05) is 52.7 Å². The smallest absolute Gasteiger partial charge is 0.330 e. The van der Waals surface area contributed by atoms with E-state index in [9.17, 15) is 65.8 Å². The van der Waals surface area contributed by atoms with E-state index in [1.54, 1.807) is 6.92 Å². The van der Waals surface area contributed by atoms with Crippen LogP contribution in [0.4, 0.5) is 0 Å². The number of hydrogen-bond donors (Lipinski definition) is 18. The van der Waals surface area contributed by atoms with Crippen LogP contribution in [0.25, 0.3) is 11.1 Å². The lowest BCUT2D eigenvalue weighted by Gasteiger charge is -2.44. The second kappa shape index (κ2) is 42.4. The second-order valence-corrected chi connectivity index (χ2v) is 31.9. The summed E-state index contributed by atoms with van der Waals surface area (Å²) in [6.45, 7) is 3.53. The fourth-order valence-corrected chi connectivity index (χ4v) is 16.3. The third-order valence-corrected chi connectivity index (χ3v) is 22.8. The summed E-state index contributed by atoms with van der Waals surface area (Å²) in [5.41, 5.74) is -2.65. The maximum atomic E-state index is 16.4. The number of nitrogens with zero attached hydrogens (tertiary/aromatic N) is 3. The lowest BCUT2D eigenvalue weighted by molar-refractivity contribution is -0.307. The van der Waals surface area contributed by atoms with E-state index in [1.165, 1.54) is 68.9 Å². The summed E-state index contributed by atoms with van der Waals surface area (Å²) >= 11 is 14.3. The Balaban J connectivity index is 0.773. The number of benzene rings is 7. The lowest BCUT2D eigenvalue weighted by Crippen LogP contribution is -2.65. The third-order valence-electron chi connectivity index (χ3n) is 22.2. The van der Waals surface area contributed by atoms with Gasteiger partial charge in [0, 0.05) is 63.0 Å². The number of aromatic hydroxyl groups is 6. The highest BCUT2D eigenvalue weighted by Crippen LogP contribution is 2.49. The summed E-state index contributed by atoms with van der Waals surface area (Å²) in [4.78, 5) is 122. The molecular weight excluding hydrogens is 1780 g/mol. The molecule has 7 aromatic carbocycles. The zero-order chi connectivity index (χ0) is 94.0. The average molecular weight is 1880 g/mol. The van der Waals surface area contributed by atoms with Gasteiger partial charge in [0.1, 0.15) is 131 Å². The number of carboxylic acids is 1. The maximum Gasteiger partial charge on any atom is 0.330 e. The molecule has 17 bridgehead atoms. The van der Waals surface area contributed by atoms with Gasteiger partial charge in [-0.15, -0.1) is 5.10 Å². The molecule has 0 spiro atoms. The molecule has 2 fully saturated rings. The van der Waals surface area contributed by atoms with Gasteiger partial charge in [0.25, 0.3) is 0 Å². The summed E-state index contributed by atoms with van der Waals surface area (Å²) in [5.74, 6) is -17.6. The molecule has 8 aromatic rings. The van der Waals surface area contributed by atoms with E-state index >= 15 is 28.8 Å². The molecule has 7 amide bonds. The average Bonchev–Trinajstić information content (AvgIpc) is 0.817. The summed E-state index contributed by atoms with van der Waals surface area (Å²) in [5, 5.41) is 151. The number of nitrogens with one attached hydrogen (secondary N) is 7. The molecule has 0 saturated carbocycles. The van der Waals surface area contributed by atoms with E-state index in [0.29, 0.717) is 6.61 Å². The minimum Gasteiger partial charge on any atom is -0.508 e. The van der Waals surface area contributed by atoms with Crippen molar-refractivity contribution >= 4 is 70.5 Å². The molecule has 45 heteroatoms. The second-order valence-electron chi connectivity index (χ2n) is 31.1. The number of phenols is 6. The zero-order valence-electron chi connectivity index (χ0n) is 70.6. The van der Waals surface area contributed by atoms with Crippen molar-refractivity contribution in [1.82, 2.24) is 52.2 Å². The van der Waals surface area contributed by atoms with Gasteiger partial charge in [0.2, 0.25) is 47.1 Å². The van der Waals surface area contributed by atoms with Crippen LogP contribution in [0.5, 0.6) is 69.0 Å². The Morgan fingerprint density at radius 3 is 1.79 bits per heavy atom. The minimum absolute atomic E-state index is 0.0488. The SMILES string of the molecule is CCO[C@H]1[C@H](O)[C@@H](COCCOCCOCCOCCOCc2cn([C@H]3C(=O)N[C@@H]4Cc5ccc(c(Cl)c5)Oc5cc6cc(c5O)Oc5ccc(cc5Cl)[C@@H](O[C@@H]5O[C@H](CO)[C@@H](O)[C@H](O)[C@H]5NC(C)=O)[C@@H]5NC(=O)[C@H](NC(=O)[C@@H]6NC(=O)[C@@H](NC4=O)c4cc(O)cc(c4)Oc4cc3ccc4O)c3ccc(O)c(c3)-c3c(O)cc(O)cc3[C@H](C(=O)O)NC5=O)nn2)O[C@H](OC)[C@@H]1OC. The number of aliphatic hydroxyl groups excluding tert-OH is 4. The van der Waals surface area contributed by atoms with E-state index in [-0.39, 0.29) is 116 Å². The summed E-state index contributed by atoms with van der Waals surface area (Å²) in [7, 11) is 2.95. The number of amides is 7. The van der Waals surface area contributed by atoms with Crippen molar-refractivity contribution in [3.8, 4) is 80.1 Å². The van der Waals surface area contributed by atoms with Crippen molar-refractivity contribution in [1.29, 1.82) is 0 Å². The Bertz CT molecular complexity index is 5600. The third kappa shape index (κ3) is 21.7. The van der Waals surface area contributed by atoms with Gasteiger partial charge >= 0.3 is 5.97 Å². The van der Waals surface area contributed by atoms with Crippen LogP contribution >= 0.6 is 23.2 Å². The standard InChI is InChI=1S/C87H94Cl2N10O33/c1-5-126-77-74(109)63(131-87(120-4)78(77)119-3)37-125-21-19-123-17-15-121-14-16-122-18-20-124-36-45-34-99(98-97-45)71-41-8-11-55(105)59(28-41)127-48-25-43(24-46(102)31-48)66-81(113)94-67-44-29-60(128-57-12-6-39(22-51(57)88)23-53(79(111)92-66)91-84(71)116)72(107)61(30-44)129-58-13-9-42(27-52(58)89)76(132-86-69(90-38(2)101)75(110)73(108)62(35-100)130-86)70-83(115)95-68(85(117)118)50-32-47(103)33-56(106)64(50)49-26-40(7-10-54(49)104)65(80(112)96-70)93-82(67)114/h6-13,22,24-34,53,62-63,65-71,73-78,86-87,100,102-110H,5,14-21,23,35-37H2,1-4H3,(H,90,101)(H,91,116)(H,92,111)(H,93,114)(H,94,113)(H,95,115)(H,96,112)(H,117,118)/t53-,62-,63-,65-,66+,67-,68-,69-,70+,71-,73-,74-,75-,76-,77+,78-,86+,87+/m1/s1. The van der Waals surface area contributed by atoms with Crippen LogP contribution in [0.1, 0.15) is 94.8 Å². The van der Waals surface area contributed by atoms with Crippen molar-refractivity contribution in [2.45, 2.75) is 137 Å². The predicted molar refractivity (Wildman–Crippen MR) is 451 cm³/mol. The first-order chi connectivity index (χ1) is 63.4. The molecule has 0 aliphatic carbocycles. The molecule has 9 heterocycles. The number of methoxy groups -OCH3 is 2. The van der Waals surface area contributed by atoms with Crippen LogP contribution in [0.3, 0.4) is 0 Å². The van der Waals surface area contributed by atoms with Gasteiger partial charge in [-0.2, -0.15) is 0 Å². The monoisotopic (exact) mass is 1880 g/mol. The van der Waals surface area contributed by atoms with Crippen LogP contribution in [0.2, 0.25) is 10.0 Å². The number of aliphatic carboxylic acids is 1. The van der Waals surface area contributed by atoms with Gasteiger partial charge < -0.3 is 160 Å². The van der Waals surface area contributed by atoms with Crippen LogP contribution in [-0.2, 0) is 103 Å². The molecule has 18 atom stereocenters. The molecule has 43 nitrogen and oxygen atoms in total. The Labute approximate surface area is 759 Å². The van der Waals surface area contributed by atoms with Crippen molar-refractivity contribution in [3.05, 3.63) is 176 Å². The summed E-state index contributed by atoms with van der Waals surface area (Å²) in [6.07, 6.45) is -12.9. The first-order valence-corrected chi connectivity index (χ1v) is 42.1. The van der Waals surface area contributed by atoms with Gasteiger partial charge in [0.15, 0.2) is 47.7 Å². The van der Waals surface area contributed by atoms with Crippen LogP contribution in [0, 0.1) is 0 Å². The van der Waals surface area contributed by atoms with Crippen molar-refractivity contribution in [3.63, 3.8) is 0 Å². The van der Waals surface area contributed by atoms with E-state index in [4.69, 9.17) is 89.5 Å². The molecule has 132 heavy (non-hydrogen) atoms. The fraction of sp³-hybridized carbons (Fsp3) is 0.402. The highest BCUT2D eigenvalue weighted by atomic mass is 35.5. The van der Waals surface area contributed by atoms with E-state index in [2.05, 4.69) is 47.5 Å². The number of aromatic nitrogens is 3. The van der Waals surface area contributed by atoms with Crippen molar-refractivity contribution in [2.24, 2.45) is 0 Å². The van der Waals surface area contributed by atoms with Gasteiger partial charge in [-0.25, -0.2) is 9.48 Å². The number of rotatable bonds is 26. The number of ether oxygens (including phenoxy) is 14. The normalized spacial score (nSPS) is 25.4. The number of aliphatic hydroxyl groups is 4. The minimum atomic E-state index is -2.42. The molecule has 704 valence electrons. The summed E-state index contributed by atoms with van der Waals surface area (Å²) < 4.78 is 83.8. The van der Waals surface area contributed by atoms with E-state index in [0.717, 1.165) is 78.3 Å². The van der Waals surface area contributed by atoms with Crippen LogP contribution in [-0.4, -0.2) is 279 Å². The van der Waals surface area contributed by atoms with E-state index < -0.39 is 255 Å². The molecule has 18 N–H and O–H groups in total. The number of carboxylic acid groups (broad SMARTS) is 1. The molecule has 2 saturated heterocycles. The number of carbonyl (C=O) groups excluding carboxylic acids is 7. The quantitative estimate of drug-likeness (QED) is 0.0347. The highest BCUT2D eigenvalue weighted by molar-refractivity contribution is 6.32. The molecule has 1 aromatic heterocycles. The first-order valence-electron chi connectivity index (χ1n) is 41.3. The number of phenolic OH excluding ortho intramolecular Hbond substituents is 6. The van der Waals surface area contributed by atoms with E-state index in [1.807, 2.05) is 0 Å². The van der Waals surface area contributed by atoms with Gasteiger partial charge in [0.05, 0.1) is 88.9 Å². The predicted octanol–water partition coefficient (Wildman–Crippen LogP) is 2.87. The van der Waals surface area contributed by atoms with Crippen LogP contribution < -0.4 is 51.4 Å². The Hall–Kier alpha value is -12.4. The topological polar surface area (TPSA) is 603 Å².